The first-order valence-electron chi connectivity index (χ1n) is 7.95. The van der Waals surface area contributed by atoms with Crippen LogP contribution in [-0.2, 0) is 0 Å². The van der Waals surface area contributed by atoms with Crippen LogP contribution in [0.5, 0.6) is 5.75 Å². The van der Waals surface area contributed by atoms with Crippen molar-refractivity contribution in [1.29, 1.82) is 0 Å². The zero-order chi connectivity index (χ0) is 17.5. The first-order chi connectivity index (χ1) is 11.5. The Morgan fingerprint density at radius 2 is 1.79 bits per heavy atom. The molecule has 0 saturated heterocycles. The number of amides is 1. The van der Waals surface area contributed by atoms with Crippen molar-refractivity contribution in [1.82, 2.24) is 5.32 Å². The van der Waals surface area contributed by atoms with Crippen LogP contribution < -0.4 is 15.4 Å². The second kappa shape index (κ2) is 8.45. The quantitative estimate of drug-likeness (QED) is 0.794. The molecule has 0 aliphatic carbocycles. The second-order valence-electron chi connectivity index (χ2n) is 5.61. The van der Waals surface area contributed by atoms with Gasteiger partial charge in [0.15, 0.2) is 5.11 Å². The number of para-hydroxylation sites is 1. The lowest BCUT2D eigenvalue weighted by atomic mass is 10.0. The fourth-order valence-corrected chi connectivity index (χ4v) is 2.52. The number of anilines is 1. The Balaban J connectivity index is 2.00. The first kappa shape index (κ1) is 17.9. The van der Waals surface area contributed by atoms with Crippen LogP contribution >= 0.6 is 12.2 Å². The average molecular weight is 342 g/mol. The van der Waals surface area contributed by atoms with Crippen molar-refractivity contribution in [2.75, 3.05) is 11.9 Å². The van der Waals surface area contributed by atoms with E-state index in [0.717, 1.165) is 17.0 Å². The van der Waals surface area contributed by atoms with Crippen LogP contribution in [-0.4, -0.2) is 17.6 Å². The molecule has 0 radical (unpaired) electrons. The largest absolute Gasteiger partial charge is 0.494 e. The summed E-state index contributed by atoms with van der Waals surface area (Å²) in [4.78, 5) is 12.3. The molecule has 5 heteroatoms. The molecule has 0 spiro atoms. The Morgan fingerprint density at radius 3 is 2.42 bits per heavy atom. The third kappa shape index (κ3) is 4.80. The Labute approximate surface area is 148 Å². The SMILES string of the molecule is CCOc1ccc(C(=O)NC(=S)Nc2ccccc2C(C)C)cc1. The third-order valence-electron chi connectivity index (χ3n) is 3.49. The topological polar surface area (TPSA) is 50.4 Å². The van der Waals surface area contributed by atoms with Crippen LogP contribution in [0, 0.1) is 0 Å². The van der Waals surface area contributed by atoms with E-state index in [2.05, 4.69) is 24.5 Å². The molecular formula is C19H22N2O2S. The number of hydrogen-bond donors (Lipinski definition) is 2. The maximum absolute atomic E-state index is 12.3. The van der Waals surface area contributed by atoms with Crippen LogP contribution in [0.15, 0.2) is 48.5 Å². The first-order valence-corrected chi connectivity index (χ1v) is 8.36. The highest BCUT2D eigenvalue weighted by molar-refractivity contribution is 7.80. The van der Waals surface area contributed by atoms with Crippen molar-refractivity contribution in [3.8, 4) is 5.75 Å². The molecule has 0 aromatic heterocycles. The molecule has 1 amide bonds. The summed E-state index contributed by atoms with van der Waals surface area (Å²) in [6, 6.07) is 14.9. The van der Waals surface area contributed by atoms with Gasteiger partial charge in [-0.2, -0.15) is 0 Å². The average Bonchev–Trinajstić information content (AvgIpc) is 2.56. The Bertz CT molecular complexity index is 712. The van der Waals surface area contributed by atoms with Crippen LogP contribution in [0.25, 0.3) is 0 Å². The summed E-state index contributed by atoms with van der Waals surface area (Å²) in [6.07, 6.45) is 0. The van der Waals surface area contributed by atoms with E-state index in [1.807, 2.05) is 31.2 Å². The van der Waals surface area contributed by atoms with Crippen LogP contribution in [0.1, 0.15) is 42.6 Å². The van der Waals surface area contributed by atoms with E-state index < -0.39 is 0 Å². The maximum atomic E-state index is 12.3. The summed E-state index contributed by atoms with van der Waals surface area (Å²) < 4.78 is 5.37. The molecule has 126 valence electrons. The van der Waals surface area contributed by atoms with Gasteiger partial charge < -0.3 is 10.1 Å². The molecule has 0 fully saturated rings. The molecule has 2 aromatic rings. The zero-order valence-corrected chi connectivity index (χ0v) is 14.9. The van der Waals surface area contributed by atoms with Gasteiger partial charge in [-0.25, -0.2) is 0 Å². The minimum Gasteiger partial charge on any atom is -0.494 e. The van der Waals surface area contributed by atoms with Crippen LogP contribution in [0.3, 0.4) is 0 Å². The van der Waals surface area contributed by atoms with Gasteiger partial charge >= 0.3 is 0 Å². The van der Waals surface area contributed by atoms with Gasteiger partial charge in [-0.1, -0.05) is 32.0 Å². The highest BCUT2D eigenvalue weighted by atomic mass is 32.1. The molecule has 0 heterocycles. The molecule has 0 aliphatic rings. The number of rotatable bonds is 5. The van der Waals surface area contributed by atoms with E-state index >= 15 is 0 Å². The number of thiocarbonyl (C=S) groups is 1. The summed E-state index contributed by atoms with van der Waals surface area (Å²) in [5.41, 5.74) is 2.58. The lowest BCUT2D eigenvalue weighted by molar-refractivity contribution is 0.0977. The van der Waals surface area contributed by atoms with Gasteiger partial charge in [0.2, 0.25) is 0 Å². The zero-order valence-electron chi connectivity index (χ0n) is 14.1. The standard InChI is InChI=1S/C19H22N2O2S/c1-4-23-15-11-9-14(10-12-15)18(22)21-19(24)20-17-8-6-5-7-16(17)13(2)3/h5-13H,4H2,1-3H3,(H2,20,21,22,24). The fraction of sp³-hybridized carbons (Fsp3) is 0.263. The molecule has 2 N–H and O–H groups in total. The minimum absolute atomic E-state index is 0.252. The number of carbonyl (C=O) groups is 1. The normalized spacial score (nSPS) is 10.3. The molecule has 0 unspecified atom stereocenters. The Hall–Kier alpha value is -2.40. The molecule has 0 atom stereocenters. The second-order valence-corrected chi connectivity index (χ2v) is 6.02. The van der Waals surface area contributed by atoms with E-state index in [9.17, 15) is 4.79 Å². The fourth-order valence-electron chi connectivity index (χ4n) is 2.31. The lowest BCUT2D eigenvalue weighted by Gasteiger charge is -2.15. The van der Waals surface area contributed by atoms with Gasteiger partial charge in [-0.15, -0.1) is 0 Å². The van der Waals surface area contributed by atoms with Crippen molar-refractivity contribution in [3.63, 3.8) is 0 Å². The van der Waals surface area contributed by atoms with Crippen LogP contribution in [0.2, 0.25) is 0 Å². The molecule has 0 aliphatic heterocycles. The van der Waals surface area contributed by atoms with Crippen LogP contribution in [0.4, 0.5) is 5.69 Å². The number of benzene rings is 2. The summed E-state index contributed by atoms with van der Waals surface area (Å²) in [6.45, 7) is 6.73. The van der Waals surface area contributed by atoms with Gasteiger partial charge in [0.25, 0.3) is 5.91 Å². The van der Waals surface area contributed by atoms with Crippen molar-refractivity contribution in [2.24, 2.45) is 0 Å². The van der Waals surface area contributed by atoms with E-state index in [1.165, 1.54) is 0 Å². The summed E-state index contributed by atoms with van der Waals surface area (Å²) in [7, 11) is 0. The van der Waals surface area contributed by atoms with Crippen molar-refractivity contribution in [3.05, 3.63) is 59.7 Å². The van der Waals surface area contributed by atoms with E-state index in [-0.39, 0.29) is 11.0 Å². The van der Waals surface area contributed by atoms with Crippen molar-refractivity contribution < 1.29 is 9.53 Å². The lowest BCUT2D eigenvalue weighted by Crippen LogP contribution is -2.34. The van der Waals surface area contributed by atoms with Gasteiger partial charge in [0, 0.05) is 11.3 Å². The van der Waals surface area contributed by atoms with Gasteiger partial charge in [0.1, 0.15) is 5.75 Å². The Kier molecular flexibility index (Phi) is 6.32. The predicted octanol–water partition coefficient (Wildman–Crippen LogP) is 4.34. The molecule has 4 nitrogen and oxygen atoms in total. The summed E-state index contributed by atoms with van der Waals surface area (Å²) >= 11 is 5.26. The molecule has 0 saturated carbocycles. The molecule has 2 aromatic carbocycles. The van der Waals surface area contributed by atoms with Crippen molar-refractivity contribution >= 4 is 28.9 Å². The predicted molar refractivity (Wildman–Crippen MR) is 102 cm³/mol. The highest BCUT2D eigenvalue weighted by Gasteiger charge is 2.11. The number of hydrogen-bond acceptors (Lipinski definition) is 3. The van der Waals surface area contributed by atoms with E-state index in [4.69, 9.17) is 17.0 Å². The van der Waals surface area contributed by atoms with E-state index in [1.54, 1.807) is 24.3 Å². The summed E-state index contributed by atoms with van der Waals surface area (Å²) in [5, 5.41) is 6.08. The molecule has 0 bridgehead atoms. The van der Waals surface area contributed by atoms with Crippen molar-refractivity contribution in [2.45, 2.75) is 26.7 Å². The molecule has 24 heavy (non-hydrogen) atoms. The number of carbonyl (C=O) groups excluding carboxylic acids is 1. The molecule has 2 rings (SSSR count). The summed E-state index contributed by atoms with van der Waals surface area (Å²) in [5.74, 6) is 0.844. The maximum Gasteiger partial charge on any atom is 0.257 e. The van der Waals surface area contributed by atoms with Gasteiger partial charge in [-0.05, 0) is 61.0 Å². The number of ether oxygens (including phenoxy) is 1. The highest BCUT2D eigenvalue weighted by Crippen LogP contribution is 2.23. The van der Waals surface area contributed by atoms with Gasteiger partial charge in [0.05, 0.1) is 6.61 Å². The Morgan fingerprint density at radius 1 is 1.12 bits per heavy atom. The van der Waals surface area contributed by atoms with E-state index in [0.29, 0.717) is 18.1 Å². The number of nitrogens with one attached hydrogen (secondary N) is 2. The monoisotopic (exact) mass is 342 g/mol. The minimum atomic E-state index is -0.252. The smallest absolute Gasteiger partial charge is 0.257 e. The van der Waals surface area contributed by atoms with Gasteiger partial charge in [-0.3, -0.25) is 10.1 Å². The third-order valence-corrected chi connectivity index (χ3v) is 3.69. The molecular weight excluding hydrogens is 320 g/mol.